The van der Waals surface area contributed by atoms with Gasteiger partial charge in [-0.3, -0.25) is 9.59 Å². The number of carbonyl (C=O) groups is 2. The van der Waals surface area contributed by atoms with Crippen molar-refractivity contribution in [1.29, 1.82) is 0 Å². The average Bonchev–Trinajstić information content (AvgIpc) is 2.39. The lowest BCUT2D eigenvalue weighted by molar-refractivity contribution is -0.138. The molecular weight excluding hydrogens is 294 g/mol. The summed E-state index contributed by atoms with van der Waals surface area (Å²) in [6.45, 7) is 5.71. The highest BCUT2D eigenvalue weighted by molar-refractivity contribution is 6.32. The van der Waals surface area contributed by atoms with E-state index in [1.807, 2.05) is 13.8 Å². The average molecular weight is 314 g/mol. The molecule has 0 spiro atoms. The number of amides is 1. The summed E-state index contributed by atoms with van der Waals surface area (Å²) in [4.78, 5) is 22.1. The highest BCUT2D eigenvalue weighted by Crippen LogP contribution is 2.25. The Hall–Kier alpha value is -1.75. The van der Waals surface area contributed by atoms with E-state index in [4.69, 9.17) is 21.4 Å². The van der Waals surface area contributed by atoms with Crippen LogP contribution in [0.15, 0.2) is 12.1 Å². The fraction of sp³-hybridized carbons (Fsp3) is 0.467. The molecule has 1 rings (SSSR count). The minimum atomic E-state index is -0.875. The van der Waals surface area contributed by atoms with Crippen LogP contribution in [0, 0.1) is 19.8 Å². The lowest BCUT2D eigenvalue weighted by Crippen LogP contribution is -2.33. The molecule has 21 heavy (non-hydrogen) atoms. The van der Waals surface area contributed by atoms with Crippen LogP contribution in [-0.2, 0) is 9.59 Å². The summed E-state index contributed by atoms with van der Waals surface area (Å²) in [5.74, 6) is -0.688. The number of nitrogens with one attached hydrogen (secondary N) is 1. The van der Waals surface area contributed by atoms with Crippen LogP contribution >= 0.6 is 11.6 Å². The molecule has 1 atom stereocenters. The number of carboxylic acid groups (broad SMARTS) is 1. The first-order valence-electron chi connectivity index (χ1n) is 6.67. The molecule has 0 aromatic heterocycles. The molecule has 0 heterocycles. The lowest BCUT2D eigenvalue weighted by atomic mass is 10.1. The molecule has 0 radical (unpaired) electrons. The van der Waals surface area contributed by atoms with Crippen molar-refractivity contribution in [2.45, 2.75) is 27.2 Å². The van der Waals surface area contributed by atoms with E-state index in [1.165, 1.54) is 0 Å². The Morgan fingerprint density at radius 2 is 1.90 bits per heavy atom. The third-order valence-corrected chi connectivity index (χ3v) is 3.55. The first-order valence-corrected chi connectivity index (χ1v) is 7.05. The second-order valence-corrected chi connectivity index (χ2v) is 5.54. The monoisotopic (exact) mass is 313 g/mol. The summed E-state index contributed by atoms with van der Waals surface area (Å²) in [5.41, 5.74) is 1.78. The van der Waals surface area contributed by atoms with Crippen LogP contribution in [0.2, 0.25) is 5.02 Å². The highest BCUT2D eigenvalue weighted by atomic mass is 35.5. The molecule has 1 aromatic rings. The smallest absolute Gasteiger partial charge is 0.303 e. The van der Waals surface area contributed by atoms with Gasteiger partial charge in [-0.05, 0) is 43.0 Å². The van der Waals surface area contributed by atoms with E-state index in [2.05, 4.69) is 5.32 Å². The van der Waals surface area contributed by atoms with E-state index < -0.39 is 5.97 Å². The van der Waals surface area contributed by atoms with Gasteiger partial charge in [0.25, 0.3) is 5.91 Å². The molecule has 1 amide bonds. The van der Waals surface area contributed by atoms with Gasteiger partial charge in [0, 0.05) is 18.0 Å². The maximum Gasteiger partial charge on any atom is 0.303 e. The number of ether oxygens (including phenoxy) is 1. The topological polar surface area (TPSA) is 75.6 Å². The molecule has 2 N–H and O–H groups in total. The Morgan fingerprint density at radius 3 is 2.43 bits per heavy atom. The predicted octanol–water partition coefficient (Wildman–Crippen LogP) is 2.56. The second-order valence-electron chi connectivity index (χ2n) is 5.17. The van der Waals surface area contributed by atoms with Crippen LogP contribution in [0.5, 0.6) is 5.75 Å². The first kappa shape index (κ1) is 17.3. The Labute approximate surface area is 129 Å². The first-order chi connectivity index (χ1) is 9.79. The molecule has 5 nitrogen and oxygen atoms in total. The highest BCUT2D eigenvalue weighted by Gasteiger charge is 2.10. The molecule has 116 valence electrons. The van der Waals surface area contributed by atoms with Crippen molar-refractivity contribution < 1.29 is 19.4 Å². The van der Waals surface area contributed by atoms with Crippen molar-refractivity contribution in [3.8, 4) is 5.75 Å². The van der Waals surface area contributed by atoms with Crippen LogP contribution in [0.1, 0.15) is 24.5 Å². The molecular formula is C15H20ClNO4. The zero-order valence-corrected chi connectivity index (χ0v) is 13.2. The molecule has 0 saturated heterocycles. The van der Waals surface area contributed by atoms with Gasteiger partial charge in [-0.25, -0.2) is 0 Å². The molecule has 1 unspecified atom stereocenters. The Bertz CT molecular complexity index is 507. The molecule has 6 heteroatoms. The minimum absolute atomic E-state index is 0.0245. The number of carbonyl (C=O) groups excluding carboxylic acids is 1. The Morgan fingerprint density at radius 1 is 1.33 bits per heavy atom. The van der Waals surface area contributed by atoms with Crippen LogP contribution in [0.25, 0.3) is 0 Å². The number of carboxylic acids is 1. The molecule has 0 saturated carbocycles. The van der Waals surface area contributed by atoms with Gasteiger partial charge in [0.15, 0.2) is 6.61 Å². The number of rotatable bonds is 7. The summed E-state index contributed by atoms with van der Waals surface area (Å²) in [7, 11) is 0. The molecule has 0 aliphatic carbocycles. The SMILES string of the molecule is Cc1cc(OCC(=O)NCC(C)CC(=O)O)cc(C)c1Cl. The third-order valence-electron chi connectivity index (χ3n) is 2.95. The summed E-state index contributed by atoms with van der Waals surface area (Å²) in [6, 6.07) is 3.55. The lowest BCUT2D eigenvalue weighted by Gasteiger charge is -2.12. The van der Waals surface area contributed by atoms with Gasteiger partial charge in [-0.1, -0.05) is 18.5 Å². The van der Waals surface area contributed by atoms with Gasteiger partial charge in [0.05, 0.1) is 0 Å². The van der Waals surface area contributed by atoms with Crippen LogP contribution in [0.3, 0.4) is 0 Å². The summed E-state index contributed by atoms with van der Waals surface area (Å²) < 4.78 is 5.41. The second kappa shape index (κ2) is 7.88. The quantitative estimate of drug-likeness (QED) is 0.811. The number of aryl methyl sites for hydroxylation is 2. The predicted molar refractivity (Wildman–Crippen MR) is 80.8 cm³/mol. The normalized spacial score (nSPS) is 11.8. The number of aliphatic carboxylic acids is 1. The summed E-state index contributed by atoms with van der Waals surface area (Å²) in [5, 5.41) is 12.0. The number of halogens is 1. The fourth-order valence-electron chi connectivity index (χ4n) is 1.85. The summed E-state index contributed by atoms with van der Waals surface area (Å²) >= 11 is 6.06. The van der Waals surface area contributed by atoms with Gasteiger partial charge in [-0.2, -0.15) is 0 Å². The van der Waals surface area contributed by atoms with Crippen LogP contribution in [0.4, 0.5) is 0 Å². The molecule has 1 aromatic carbocycles. The van der Waals surface area contributed by atoms with Gasteiger partial charge in [0.1, 0.15) is 5.75 Å². The maximum absolute atomic E-state index is 11.6. The Balaban J connectivity index is 2.41. The van der Waals surface area contributed by atoms with E-state index >= 15 is 0 Å². The van der Waals surface area contributed by atoms with Crippen LogP contribution < -0.4 is 10.1 Å². The van der Waals surface area contributed by atoms with Gasteiger partial charge in [-0.15, -0.1) is 0 Å². The summed E-state index contributed by atoms with van der Waals surface area (Å²) in [6.07, 6.45) is 0.0245. The number of hydrogen-bond donors (Lipinski definition) is 2. The van der Waals surface area contributed by atoms with Gasteiger partial charge < -0.3 is 15.2 Å². The maximum atomic E-state index is 11.6. The van der Waals surface area contributed by atoms with E-state index in [1.54, 1.807) is 19.1 Å². The van der Waals surface area contributed by atoms with Crippen molar-refractivity contribution in [2.75, 3.05) is 13.2 Å². The van der Waals surface area contributed by atoms with Crippen LogP contribution in [-0.4, -0.2) is 30.1 Å². The molecule has 0 aliphatic heterocycles. The Kier molecular flexibility index (Phi) is 6.49. The van der Waals surface area contributed by atoms with E-state index in [0.29, 0.717) is 17.3 Å². The largest absolute Gasteiger partial charge is 0.484 e. The molecule has 0 bridgehead atoms. The van der Waals surface area contributed by atoms with Crippen molar-refractivity contribution in [2.24, 2.45) is 5.92 Å². The van der Waals surface area contributed by atoms with Gasteiger partial charge in [0.2, 0.25) is 0 Å². The zero-order valence-electron chi connectivity index (χ0n) is 12.4. The van der Waals surface area contributed by atoms with Crippen molar-refractivity contribution in [1.82, 2.24) is 5.32 Å². The standard InChI is InChI=1S/C15H20ClNO4/c1-9(4-14(19)20)7-17-13(18)8-21-12-5-10(2)15(16)11(3)6-12/h5-6,9H,4,7-8H2,1-3H3,(H,17,18)(H,19,20). The third kappa shape index (κ3) is 6.04. The molecule has 0 aliphatic rings. The zero-order chi connectivity index (χ0) is 16.0. The van der Waals surface area contributed by atoms with Gasteiger partial charge >= 0.3 is 5.97 Å². The van der Waals surface area contributed by atoms with Crippen molar-refractivity contribution in [3.63, 3.8) is 0 Å². The van der Waals surface area contributed by atoms with E-state index in [9.17, 15) is 9.59 Å². The molecule has 0 fully saturated rings. The van der Waals surface area contributed by atoms with E-state index in [-0.39, 0.29) is 24.9 Å². The fourth-order valence-corrected chi connectivity index (χ4v) is 1.96. The van der Waals surface area contributed by atoms with E-state index in [0.717, 1.165) is 11.1 Å². The van der Waals surface area contributed by atoms with Crippen molar-refractivity contribution in [3.05, 3.63) is 28.3 Å². The number of benzene rings is 1. The number of hydrogen-bond acceptors (Lipinski definition) is 3. The van der Waals surface area contributed by atoms with Crippen molar-refractivity contribution >= 4 is 23.5 Å². The minimum Gasteiger partial charge on any atom is -0.484 e.